The Bertz CT molecular complexity index is 1150. The van der Waals surface area contributed by atoms with Crippen LogP contribution in [0.3, 0.4) is 0 Å². The summed E-state index contributed by atoms with van der Waals surface area (Å²) in [7, 11) is 0. The Kier molecular flexibility index (Phi) is 8.07. The number of benzene rings is 2. The minimum atomic E-state index is -0.236. The molecule has 0 saturated heterocycles. The zero-order valence-electron chi connectivity index (χ0n) is 21.2. The molecule has 2 atom stereocenters. The van der Waals surface area contributed by atoms with Crippen LogP contribution in [0.5, 0.6) is 0 Å². The maximum absolute atomic E-state index is 13.9. The SMILES string of the molecule is CCC(C(=O)N(CC(=O)N1CCc2sccc2C1c1ccccc1C)CC(C)C)c1ccccc1. The van der Waals surface area contributed by atoms with E-state index in [0.717, 1.165) is 17.5 Å². The molecule has 0 saturated carbocycles. The van der Waals surface area contributed by atoms with Crippen molar-refractivity contribution in [2.45, 2.75) is 52.5 Å². The molecule has 184 valence electrons. The number of rotatable bonds is 8. The molecular formula is C30H36N2O2S. The molecule has 35 heavy (non-hydrogen) atoms. The van der Waals surface area contributed by atoms with Crippen molar-refractivity contribution in [3.05, 3.63) is 93.2 Å². The van der Waals surface area contributed by atoms with Gasteiger partial charge in [0, 0.05) is 18.0 Å². The highest BCUT2D eigenvalue weighted by atomic mass is 32.1. The van der Waals surface area contributed by atoms with Crippen molar-refractivity contribution < 1.29 is 9.59 Å². The highest BCUT2D eigenvalue weighted by Gasteiger charge is 2.35. The summed E-state index contributed by atoms with van der Waals surface area (Å²) in [4.78, 5) is 32.8. The first kappa shape index (κ1) is 25.2. The highest BCUT2D eigenvalue weighted by Crippen LogP contribution is 2.39. The summed E-state index contributed by atoms with van der Waals surface area (Å²) in [5.41, 5.74) is 4.58. The van der Waals surface area contributed by atoms with E-state index >= 15 is 0 Å². The molecule has 5 heteroatoms. The van der Waals surface area contributed by atoms with Gasteiger partial charge < -0.3 is 9.80 Å². The van der Waals surface area contributed by atoms with Gasteiger partial charge >= 0.3 is 0 Å². The molecule has 1 aliphatic heterocycles. The third kappa shape index (κ3) is 5.51. The van der Waals surface area contributed by atoms with Gasteiger partial charge in [0.25, 0.3) is 0 Å². The molecular weight excluding hydrogens is 452 g/mol. The Balaban J connectivity index is 1.63. The van der Waals surface area contributed by atoms with Gasteiger partial charge in [-0.2, -0.15) is 0 Å². The number of nitrogens with zero attached hydrogens (tertiary/aromatic N) is 2. The highest BCUT2D eigenvalue weighted by molar-refractivity contribution is 7.10. The Morgan fingerprint density at radius 2 is 1.74 bits per heavy atom. The van der Waals surface area contributed by atoms with Crippen molar-refractivity contribution in [1.29, 1.82) is 0 Å². The summed E-state index contributed by atoms with van der Waals surface area (Å²) in [5, 5.41) is 2.13. The molecule has 0 aliphatic carbocycles. The quantitative estimate of drug-likeness (QED) is 0.378. The minimum Gasteiger partial charge on any atom is -0.333 e. The van der Waals surface area contributed by atoms with Gasteiger partial charge in [0.15, 0.2) is 0 Å². The summed E-state index contributed by atoms with van der Waals surface area (Å²) in [6, 6.07) is 20.3. The molecule has 0 radical (unpaired) electrons. The minimum absolute atomic E-state index is 0.0204. The third-order valence-corrected chi connectivity index (χ3v) is 7.90. The average Bonchev–Trinajstić information content (AvgIpc) is 3.33. The smallest absolute Gasteiger partial charge is 0.242 e. The van der Waals surface area contributed by atoms with Crippen LogP contribution in [0.25, 0.3) is 0 Å². The van der Waals surface area contributed by atoms with E-state index in [-0.39, 0.29) is 36.2 Å². The molecule has 0 bridgehead atoms. The van der Waals surface area contributed by atoms with Gasteiger partial charge in [0.1, 0.15) is 0 Å². The predicted molar refractivity (Wildman–Crippen MR) is 144 cm³/mol. The number of hydrogen-bond donors (Lipinski definition) is 0. The number of aryl methyl sites for hydroxylation is 1. The fourth-order valence-corrected chi connectivity index (χ4v) is 6.10. The van der Waals surface area contributed by atoms with E-state index < -0.39 is 0 Å². The lowest BCUT2D eigenvalue weighted by molar-refractivity contribution is -0.143. The first-order valence-electron chi connectivity index (χ1n) is 12.7. The second-order valence-electron chi connectivity index (χ2n) is 9.88. The van der Waals surface area contributed by atoms with E-state index in [1.807, 2.05) is 54.3 Å². The normalized spacial score (nSPS) is 16.1. The standard InChI is InChI=1S/C30H36N2O2S/c1-5-24(23-12-7-6-8-13-23)30(34)31(19-21(2)3)20-28(33)32-17-15-27-26(16-18-35-27)29(32)25-14-10-9-11-22(25)4/h6-14,16,18,21,24,29H,5,15,17,19-20H2,1-4H3. The molecule has 1 aliphatic rings. The molecule has 2 amide bonds. The second kappa shape index (κ2) is 11.2. The maximum atomic E-state index is 13.9. The number of thiophene rings is 1. The summed E-state index contributed by atoms with van der Waals surface area (Å²) >= 11 is 1.77. The Labute approximate surface area is 213 Å². The van der Waals surface area contributed by atoms with Gasteiger partial charge in [-0.05, 0) is 59.4 Å². The topological polar surface area (TPSA) is 40.6 Å². The van der Waals surface area contributed by atoms with Crippen LogP contribution in [-0.2, 0) is 16.0 Å². The van der Waals surface area contributed by atoms with Crippen molar-refractivity contribution in [1.82, 2.24) is 9.80 Å². The van der Waals surface area contributed by atoms with Crippen LogP contribution in [0.2, 0.25) is 0 Å². The van der Waals surface area contributed by atoms with E-state index in [2.05, 4.69) is 44.4 Å². The van der Waals surface area contributed by atoms with Crippen LogP contribution in [0.15, 0.2) is 66.0 Å². The molecule has 0 N–H and O–H groups in total. The van der Waals surface area contributed by atoms with Crippen LogP contribution in [0.4, 0.5) is 0 Å². The fourth-order valence-electron chi connectivity index (χ4n) is 5.20. The van der Waals surface area contributed by atoms with Crippen LogP contribution < -0.4 is 0 Å². The number of fused-ring (bicyclic) bond motifs is 1. The van der Waals surface area contributed by atoms with Gasteiger partial charge in [-0.3, -0.25) is 9.59 Å². The van der Waals surface area contributed by atoms with Crippen molar-refractivity contribution in [2.75, 3.05) is 19.6 Å². The van der Waals surface area contributed by atoms with E-state index in [4.69, 9.17) is 0 Å². The lowest BCUT2D eigenvalue weighted by Crippen LogP contribution is -2.48. The fraction of sp³-hybridized carbons (Fsp3) is 0.400. The Morgan fingerprint density at radius 1 is 1.03 bits per heavy atom. The molecule has 3 aromatic rings. The third-order valence-electron chi connectivity index (χ3n) is 6.90. The molecule has 4 nitrogen and oxygen atoms in total. The van der Waals surface area contributed by atoms with Crippen molar-refractivity contribution >= 4 is 23.2 Å². The number of hydrogen-bond acceptors (Lipinski definition) is 3. The van der Waals surface area contributed by atoms with Gasteiger partial charge in [0.2, 0.25) is 11.8 Å². The van der Waals surface area contributed by atoms with Gasteiger partial charge in [-0.25, -0.2) is 0 Å². The Hall–Kier alpha value is -2.92. The second-order valence-corrected chi connectivity index (χ2v) is 10.9. The molecule has 4 rings (SSSR count). The van der Waals surface area contributed by atoms with E-state index in [1.54, 1.807) is 16.2 Å². The monoisotopic (exact) mass is 488 g/mol. The lowest BCUT2D eigenvalue weighted by atomic mass is 9.90. The average molecular weight is 489 g/mol. The predicted octanol–water partition coefficient (Wildman–Crippen LogP) is 6.21. The van der Waals surface area contributed by atoms with E-state index in [0.29, 0.717) is 19.5 Å². The van der Waals surface area contributed by atoms with Gasteiger partial charge in [0.05, 0.1) is 18.5 Å². The molecule has 0 spiro atoms. The van der Waals surface area contributed by atoms with Crippen LogP contribution in [0.1, 0.15) is 66.3 Å². The van der Waals surface area contributed by atoms with Crippen LogP contribution >= 0.6 is 11.3 Å². The van der Waals surface area contributed by atoms with Crippen molar-refractivity contribution in [3.63, 3.8) is 0 Å². The van der Waals surface area contributed by atoms with E-state index in [1.165, 1.54) is 16.0 Å². The number of carbonyl (C=O) groups is 2. The summed E-state index contributed by atoms with van der Waals surface area (Å²) in [6.45, 7) is 9.71. The molecule has 2 unspecified atom stereocenters. The first-order chi connectivity index (χ1) is 16.9. The van der Waals surface area contributed by atoms with Crippen LogP contribution in [0, 0.1) is 12.8 Å². The van der Waals surface area contributed by atoms with Crippen molar-refractivity contribution in [2.24, 2.45) is 5.92 Å². The van der Waals surface area contributed by atoms with E-state index in [9.17, 15) is 9.59 Å². The van der Waals surface area contributed by atoms with Crippen molar-refractivity contribution in [3.8, 4) is 0 Å². The molecule has 2 aromatic carbocycles. The Morgan fingerprint density at radius 3 is 2.43 bits per heavy atom. The van der Waals surface area contributed by atoms with Gasteiger partial charge in [-0.1, -0.05) is 75.4 Å². The molecule has 0 fully saturated rings. The molecule has 2 heterocycles. The maximum Gasteiger partial charge on any atom is 0.242 e. The zero-order valence-corrected chi connectivity index (χ0v) is 22.1. The largest absolute Gasteiger partial charge is 0.333 e. The number of amides is 2. The summed E-state index contributed by atoms with van der Waals surface area (Å²) in [5.74, 6) is 0.102. The van der Waals surface area contributed by atoms with Gasteiger partial charge in [-0.15, -0.1) is 11.3 Å². The van der Waals surface area contributed by atoms with Crippen LogP contribution in [-0.4, -0.2) is 41.2 Å². The summed E-state index contributed by atoms with van der Waals surface area (Å²) in [6.07, 6.45) is 1.57. The molecule has 1 aromatic heterocycles. The lowest BCUT2D eigenvalue weighted by Gasteiger charge is -2.38. The summed E-state index contributed by atoms with van der Waals surface area (Å²) < 4.78 is 0. The zero-order chi connectivity index (χ0) is 24.9. The number of carbonyl (C=O) groups excluding carboxylic acids is 2. The first-order valence-corrected chi connectivity index (χ1v) is 13.5.